The maximum absolute atomic E-state index is 12.2. The number of benzene rings is 1. The van der Waals surface area contributed by atoms with Gasteiger partial charge in [-0.05, 0) is 43.7 Å². The second-order valence-electron chi connectivity index (χ2n) is 6.14. The summed E-state index contributed by atoms with van der Waals surface area (Å²) in [6.07, 6.45) is 1.64. The number of likely N-dealkylation sites (N-methyl/N-ethyl adjacent to an activating group) is 1. The molecule has 7 nitrogen and oxygen atoms in total. The lowest BCUT2D eigenvalue weighted by Crippen LogP contribution is -2.38. The molecule has 0 atom stereocenters. The molecule has 2 heterocycles. The minimum absolute atomic E-state index is 0.0862. The first-order valence-corrected chi connectivity index (χ1v) is 8.71. The van der Waals surface area contributed by atoms with E-state index in [1.54, 1.807) is 24.4 Å². The van der Waals surface area contributed by atoms with Gasteiger partial charge in [0.1, 0.15) is 6.54 Å². The number of aryl methyl sites for hydroxylation is 1. The van der Waals surface area contributed by atoms with Crippen LogP contribution in [0.4, 0.5) is 5.69 Å². The van der Waals surface area contributed by atoms with Gasteiger partial charge in [0.25, 0.3) is 0 Å². The van der Waals surface area contributed by atoms with Crippen molar-refractivity contribution in [2.75, 3.05) is 24.5 Å². The zero-order valence-electron chi connectivity index (χ0n) is 15.1. The number of nitrogens with one attached hydrogen (secondary N) is 1. The molecule has 2 aromatic heterocycles. The largest absolute Gasteiger partial charge is 0.370 e. The summed E-state index contributed by atoms with van der Waals surface area (Å²) in [5.41, 5.74) is 2.56. The third-order valence-electron chi connectivity index (χ3n) is 4.23. The highest BCUT2D eigenvalue weighted by Crippen LogP contribution is 2.14. The van der Waals surface area contributed by atoms with Crippen LogP contribution in [0.25, 0.3) is 5.65 Å². The van der Waals surface area contributed by atoms with Crippen molar-refractivity contribution in [2.24, 2.45) is 0 Å². The molecular weight excluding hydrogens is 330 g/mol. The number of nitrogens with zero attached hydrogens (tertiary/aromatic N) is 4. The van der Waals surface area contributed by atoms with E-state index in [-0.39, 0.29) is 18.1 Å². The molecule has 0 saturated heterocycles. The van der Waals surface area contributed by atoms with Crippen molar-refractivity contribution in [3.8, 4) is 0 Å². The van der Waals surface area contributed by atoms with E-state index >= 15 is 0 Å². The number of rotatable bonds is 7. The third kappa shape index (κ3) is 3.93. The van der Waals surface area contributed by atoms with Gasteiger partial charge in [0.15, 0.2) is 5.65 Å². The van der Waals surface area contributed by atoms with Crippen LogP contribution in [0.3, 0.4) is 0 Å². The zero-order valence-corrected chi connectivity index (χ0v) is 15.1. The van der Waals surface area contributed by atoms with E-state index in [2.05, 4.69) is 47.4 Å². The van der Waals surface area contributed by atoms with Gasteiger partial charge in [-0.2, -0.15) is 0 Å². The van der Waals surface area contributed by atoms with E-state index in [0.717, 1.165) is 12.2 Å². The standard InChI is InChI=1S/C19H23N5O2/c1-3-22(16-8-6-7-15(2)13-16)12-10-20-18(25)14-24-19(26)23-11-5-4-9-17(23)21-24/h4-9,11,13H,3,10,12,14H2,1-2H3,(H,20,25). The Kier molecular flexibility index (Phi) is 5.36. The third-order valence-corrected chi connectivity index (χ3v) is 4.23. The fourth-order valence-corrected chi connectivity index (χ4v) is 2.89. The Hall–Kier alpha value is -3.09. The predicted octanol–water partition coefficient (Wildman–Crippen LogP) is 1.45. The number of amides is 1. The molecular formula is C19H23N5O2. The first-order chi connectivity index (χ1) is 12.6. The molecule has 136 valence electrons. The van der Waals surface area contributed by atoms with Crippen molar-refractivity contribution in [3.05, 3.63) is 64.7 Å². The number of fused-ring (bicyclic) bond motifs is 1. The van der Waals surface area contributed by atoms with Crippen LogP contribution in [-0.2, 0) is 11.3 Å². The lowest BCUT2D eigenvalue weighted by atomic mass is 10.2. The Morgan fingerprint density at radius 2 is 2.08 bits per heavy atom. The van der Waals surface area contributed by atoms with Crippen LogP contribution in [-0.4, -0.2) is 39.7 Å². The number of aromatic nitrogens is 3. The summed E-state index contributed by atoms with van der Waals surface area (Å²) in [5.74, 6) is -0.226. The first kappa shape index (κ1) is 17.7. The van der Waals surface area contributed by atoms with Crippen molar-refractivity contribution in [3.63, 3.8) is 0 Å². The highest BCUT2D eigenvalue weighted by molar-refractivity contribution is 5.75. The Morgan fingerprint density at radius 1 is 1.23 bits per heavy atom. The molecule has 0 unspecified atom stereocenters. The second kappa shape index (κ2) is 7.86. The van der Waals surface area contributed by atoms with Gasteiger partial charge in [-0.15, -0.1) is 5.10 Å². The molecule has 0 aliphatic carbocycles. The molecule has 1 aromatic carbocycles. The van der Waals surface area contributed by atoms with Crippen molar-refractivity contribution in [1.82, 2.24) is 19.5 Å². The van der Waals surface area contributed by atoms with Gasteiger partial charge in [-0.25, -0.2) is 9.48 Å². The SMILES string of the molecule is CCN(CCNC(=O)Cn1nc2ccccn2c1=O)c1cccc(C)c1. The summed E-state index contributed by atoms with van der Waals surface area (Å²) in [6.45, 7) is 6.11. The lowest BCUT2D eigenvalue weighted by Gasteiger charge is -2.23. The molecule has 3 aromatic rings. The van der Waals surface area contributed by atoms with Crippen LogP contribution >= 0.6 is 0 Å². The van der Waals surface area contributed by atoms with Crippen molar-refractivity contribution < 1.29 is 4.79 Å². The Morgan fingerprint density at radius 3 is 2.81 bits per heavy atom. The van der Waals surface area contributed by atoms with Crippen molar-refractivity contribution >= 4 is 17.2 Å². The monoisotopic (exact) mass is 353 g/mol. The smallest absolute Gasteiger partial charge is 0.350 e. The summed E-state index contributed by atoms with van der Waals surface area (Å²) in [5, 5.41) is 7.03. The molecule has 0 radical (unpaired) electrons. The summed E-state index contributed by atoms with van der Waals surface area (Å²) in [4.78, 5) is 26.5. The van der Waals surface area contributed by atoms with Crippen molar-refractivity contribution in [1.29, 1.82) is 0 Å². The zero-order chi connectivity index (χ0) is 18.5. The molecule has 0 aliphatic heterocycles. The Bertz CT molecular complexity index is 960. The Labute approximate surface area is 151 Å². The van der Waals surface area contributed by atoms with Crippen LogP contribution in [0.2, 0.25) is 0 Å². The minimum atomic E-state index is -0.314. The fourth-order valence-electron chi connectivity index (χ4n) is 2.89. The fraction of sp³-hybridized carbons (Fsp3) is 0.316. The molecule has 26 heavy (non-hydrogen) atoms. The molecule has 0 spiro atoms. The quantitative estimate of drug-likeness (QED) is 0.698. The molecule has 1 amide bonds. The van der Waals surface area contributed by atoms with Crippen molar-refractivity contribution in [2.45, 2.75) is 20.4 Å². The molecule has 0 aliphatic rings. The molecule has 1 N–H and O–H groups in total. The number of hydrogen-bond donors (Lipinski definition) is 1. The van der Waals surface area contributed by atoms with E-state index in [1.807, 2.05) is 6.07 Å². The number of carbonyl (C=O) groups excluding carboxylic acids is 1. The van der Waals surface area contributed by atoms with E-state index < -0.39 is 0 Å². The average Bonchev–Trinajstić information content (AvgIpc) is 2.95. The summed E-state index contributed by atoms with van der Waals surface area (Å²) < 4.78 is 2.60. The van der Waals surface area contributed by atoms with E-state index in [1.165, 1.54) is 14.6 Å². The topological polar surface area (TPSA) is 71.6 Å². The molecule has 7 heteroatoms. The summed E-state index contributed by atoms with van der Waals surface area (Å²) >= 11 is 0. The van der Waals surface area contributed by atoms with Gasteiger partial charge in [-0.1, -0.05) is 18.2 Å². The second-order valence-corrected chi connectivity index (χ2v) is 6.14. The molecule has 0 bridgehead atoms. The van der Waals surface area contributed by atoms with Crippen LogP contribution < -0.4 is 15.9 Å². The highest BCUT2D eigenvalue weighted by Gasteiger charge is 2.11. The van der Waals surface area contributed by atoms with E-state index in [4.69, 9.17) is 0 Å². The maximum atomic E-state index is 12.2. The van der Waals surface area contributed by atoms with E-state index in [9.17, 15) is 9.59 Å². The molecule has 0 saturated carbocycles. The lowest BCUT2D eigenvalue weighted by molar-refractivity contribution is -0.121. The average molecular weight is 353 g/mol. The number of carbonyl (C=O) groups is 1. The maximum Gasteiger partial charge on any atom is 0.350 e. The normalized spacial score (nSPS) is 10.8. The van der Waals surface area contributed by atoms with Gasteiger partial charge in [0, 0.05) is 31.5 Å². The Balaban J connectivity index is 1.56. The predicted molar refractivity (Wildman–Crippen MR) is 102 cm³/mol. The van der Waals surface area contributed by atoms with E-state index in [0.29, 0.717) is 18.7 Å². The highest BCUT2D eigenvalue weighted by atomic mass is 16.2. The molecule has 0 fully saturated rings. The van der Waals surface area contributed by atoms with Gasteiger partial charge in [0.2, 0.25) is 5.91 Å². The first-order valence-electron chi connectivity index (χ1n) is 8.71. The van der Waals surface area contributed by atoms with Gasteiger partial charge < -0.3 is 10.2 Å². The van der Waals surface area contributed by atoms with Crippen LogP contribution in [0.15, 0.2) is 53.5 Å². The van der Waals surface area contributed by atoms with Gasteiger partial charge in [0.05, 0.1) is 0 Å². The number of anilines is 1. The van der Waals surface area contributed by atoms with Crippen LogP contribution in [0.5, 0.6) is 0 Å². The summed E-state index contributed by atoms with van der Waals surface area (Å²) in [6, 6.07) is 13.6. The van der Waals surface area contributed by atoms with Crippen LogP contribution in [0.1, 0.15) is 12.5 Å². The number of hydrogen-bond acceptors (Lipinski definition) is 4. The summed E-state index contributed by atoms with van der Waals surface area (Å²) in [7, 11) is 0. The minimum Gasteiger partial charge on any atom is -0.370 e. The number of pyridine rings is 1. The van der Waals surface area contributed by atoms with Gasteiger partial charge in [-0.3, -0.25) is 9.20 Å². The van der Waals surface area contributed by atoms with Crippen LogP contribution in [0, 0.1) is 6.92 Å². The molecule has 3 rings (SSSR count). The van der Waals surface area contributed by atoms with Gasteiger partial charge >= 0.3 is 5.69 Å².